The number of aliphatic imine (C=N–C) groups is 1. The van der Waals surface area contributed by atoms with Gasteiger partial charge in [-0.2, -0.15) is 0 Å². The van der Waals surface area contributed by atoms with Gasteiger partial charge in [-0.15, -0.1) is 0 Å². The molecule has 0 amide bonds. The predicted octanol–water partition coefficient (Wildman–Crippen LogP) is 4.22. The Morgan fingerprint density at radius 3 is 2.45 bits per heavy atom. The van der Waals surface area contributed by atoms with Gasteiger partial charge in [-0.3, -0.25) is 4.99 Å². The topological polar surface area (TPSA) is 24.4 Å². The summed E-state index contributed by atoms with van der Waals surface area (Å²) in [6.07, 6.45) is 8.18. The molecule has 0 aromatic heterocycles. The Kier molecular flexibility index (Phi) is 4.44. The second kappa shape index (κ2) is 5.63. The van der Waals surface area contributed by atoms with Crippen LogP contribution >= 0.6 is 0 Å². The van der Waals surface area contributed by atoms with E-state index in [1.54, 1.807) is 5.57 Å². The standard InChI is InChI=1S/C18H32N2/c1-17(2,3)13-7-9-19-15(11-13)16-12-14(8-10-20-16)18(4,5)6/h9,12-13,15-16,20H,7-8,10-11H2,1-6H3. The van der Waals surface area contributed by atoms with Crippen molar-refractivity contribution in [2.24, 2.45) is 21.7 Å². The molecule has 0 aromatic rings. The van der Waals surface area contributed by atoms with Crippen LogP contribution in [0.4, 0.5) is 0 Å². The summed E-state index contributed by atoms with van der Waals surface area (Å²) in [4.78, 5) is 4.80. The molecule has 0 aliphatic carbocycles. The molecule has 20 heavy (non-hydrogen) atoms. The van der Waals surface area contributed by atoms with Gasteiger partial charge in [-0.1, -0.05) is 53.2 Å². The van der Waals surface area contributed by atoms with Crippen LogP contribution in [0, 0.1) is 16.7 Å². The lowest BCUT2D eigenvalue weighted by atomic mass is 9.73. The molecule has 2 aliphatic heterocycles. The maximum absolute atomic E-state index is 4.80. The zero-order chi connectivity index (χ0) is 15.0. The van der Waals surface area contributed by atoms with Gasteiger partial charge in [0, 0.05) is 6.04 Å². The summed E-state index contributed by atoms with van der Waals surface area (Å²) in [5, 5.41) is 3.67. The molecule has 2 nitrogen and oxygen atoms in total. The van der Waals surface area contributed by atoms with Gasteiger partial charge in [0.15, 0.2) is 0 Å². The second-order valence-electron chi connectivity index (χ2n) is 8.61. The van der Waals surface area contributed by atoms with Gasteiger partial charge in [0.1, 0.15) is 0 Å². The summed E-state index contributed by atoms with van der Waals surface area (Å²) < 4.78 is 0. The van der Waals surface area contributed by atoms with Crippen molar-refractivity contribution in [3.8, 4) is 0 Å². The molecule has 0 fully saturated rings. The molecular weight excluding hydrogens is 244 g/mol. The molecule has 3 atom stereocenters. The minimum absolute atomic E-state index is 0.294. The zero-order valence-electron chi connectivity index (χ0n) is 14.2. The van der Waals surface area contributed by atoms with Gasteiger partial charge in [0.25, 0.3) is 0 Å². The van der Waals surface area contributed by atoms with Gasteiger partial charge in [-0.25, -0.2) is 0 Å². The number of hydrogen-bond acceptors (Lipinski definition) is 2. The first-order valence-electron chi connectivity index (χ1n) is 8.14. The van der Waals surface area contributed by atoms with Crippen LogP contribution in [0.2, 0.25) is 0 Å². The normalized spacial score (nSPS) is 32.1. The highest BCUT2D eigenvalue weighted by atomic mass is 15.0. The first-order valence-corrected chi connectivity index (χ1v) is 8.14. The predicted molar refractivity (Wildman–Crippen MR) is 88.4 cm³/mol. The van der Waals surface area contributed by atoms with E-state index in [1.807, 2.05) is 0 Å². The summed E-state index contributed by atoms with van der Waals surface area (Å²) in [5.41, 5.74) is 2.27. The summed E-state index contributed by atoms with van der Waals surface area (Å²) in [6, 6.07) is 0.852. The number of hydrogen-bond donors (Lipinski definition) is 1. The Morgan fingerprint density at radius 2 is 1.85 bits per heavy atom. The molecular formula is C18H32N2. The van der Waals surface area contributed by atoms with Gasteiger partial charge >= 0.3 is 0 Å². The van der Waals surface area contributed by atoms with Gasteiger partial charge in [-0.05, 0) is 48.8 Å². The van der Waals surface area contributed by atoms with Crippen LogP contribution in [0.5, 0.6) is 0 Å². The van der Waals surface area contributed by atoms with Gasteiger partial charge < -0.3 is 5.32 Å². The summed E-state index contributed by atoms with van der Waals surface area (Å²) in [6.45, 7) is 15.1. The Labute approximate surface area is 125 Å². The molecule has 2 rings (SSSR count). The van der Waals surface area contributed by atoms with Crippen LogP contribution in [0.25, 0.3) is 0 Å². The zero-order valence-corrected chi connectivity index (χ0v) is 14.2. The molecule has 2 heterocycles. The molecule has 0 saturated carbocycles. The maximum atomic E-state index is 4.80. The van der Waals surface area contributed by atoms with Crippen molar-refractivity contribution in [1.29, 1.82) is 0 Å². The molecule has 0 bridgehead atoms. The molecule has 0 spiro atoms. The minimum atomic E-state index is 0.294. The van der Waals surface area contributed by atoms with E-state index in [0.29, 0.717) is 22.9 Å². The highest BCUT2D eigenvalue weighted by Gasteiger charge is 2.33. The maximum Gasteiger partial charge on any atom is 0.0687 e. The largest absolute Gasteiger partial charge is 0.308 e. The van der Waals surface area contributed by atoms with E-state index in [0.717, 1.165) is 18.9 Å². The fraction of sp³-hybridized carbons (Fsp3) is 0.833. The minimum Gasteiger partial charge on any atom is -0.308 e. The SMILES string of the molecule is CC(C)(C)C1=CC(C2CC(C(C)(C)C)CC=N2)NCC1. The summed E-state index contributed by atoms with van der Waals surface area (Å²) >= 11 is 0. The van der Waals surface area contributed by atoms with Crippen LogP contribution in [-0.2, 0) is 0 Å². The molecule has 2 aliphatic rings. The fourth-order valence-electron chi connectivity index (χ4n) is 3.32. The van der Waals surface area contributed by atoms with Crippen LogP contribution < -0.4 is 5.32 Å². The van der Waals surface area contributed by atoms with Crippen molar-refractivity contribution in [3.05, 3.63) is 11.6 Å². The third-order valence-corrected chi connectivity index (χ3v) is 4.97. The van der Waals surface area contributed by atoms with E-state index in [1.165, 1.54) is 12.8 Å². The smallest absolute Gasteiger partial charge is 0.0687 e. The Morgan fingerprint density at radius 1 is 1.15 bits per heavy atom. The fourth-order valence-corrected chi connectivity index (χ4v) is 3.32. The Balaban J connectivity index is 2.12. The van der Waals surface area contributed by atoms with E-state index in [4.69, 9.17) is 4.99 Å². The van der Waals surface area contributed by atoms with Crippen LogP contribution in [0.15, 0.2) is 16.6 Å². The third-order valence-electron chi connectivity index (χ3n) is 4.97. The Bertz CT molecular complexity index is 393. The molecule has 2 heteroatoms. The van der Waals surface area contributed by atoms with Crippen molar-refractivity contribution in [1.82, 2.24) is 5.32 Å². The lowest BCUT2D eigenvalue weighted by molar-refractivity contribution is 0.205. The average Bonchev–Trinajstić information content (AvgIpc) is 2.37. The average molecular weight is 276 g/mol. The van der Waals surface area contributed by atoms with Crippen molar-refractivity contribution >= 4 is 6.21 Å². The lowest BCUT2D eigenvalue weighted by Gasteiger charge is -2.39. The summed E-state index contributed by atoms with van der Waals surface area (Å²) in [5.74, 6) is 0.750. The second-order valence-corrected chi connectivity index (χ2v) is 8.61. The molecule has 114 valence electrons. The van der Waals surface area contributed by atoms with Crippen LogP contribution in [0.1, 0.15) is 60.8 Å². The first-order chi connectivity index (χ1) is 9.18. The first kappa shape index (κ1) is 15.8. The van der Waals surface area contributed by atoms with Gasteiger partial charge in [0.2, 0.25) is 0 Å². The van der Waals surface area contributed by atoms with E-state index < -0.39 is 0 Å². The van der Waals surface area contributed by atoms with Crippen LogP contribution in [0.3, 0.4) is 0 Å². The van der Waals surface area contributed by atoms with Crippen LogP contribution in [-0.4, -0.2) is 24.8 Å². The van der Waals surface area contributed by atoms with E-state index in [2.05, 4.69) is 59.1 Å². The number of nitrogens with zero attached hydrogens (tertiary/aromatic N) is 1. The Hall–Kier alpha value is -0.630. The van der Waals surface area contributed by atoms with E-state index in [-0.39, 0.29) is 0 Å². The molecule has 0 radical (unpaired) electrons. The molecule has 0 aromatic carbocycles. The third kappa shape index (κ3) is 3.72. The van der Waals surface area contributed by atoms with Crippen molar-refractivity contribution in [2.45, 2.75) is 72.9 Å². The highest BCUT2D eigenvalue weighted by Crippen LogP contribution is 2.37. The number of rotatable bonds is 1. The summed E-state index contributed by atoms with van der Waals surface area (Å²) in [7, 11) is 0. The van der Waals surface area contributed by atoms with E-state index in [9.17, 15) is 0 Å². The highest BCUT2D eigenvalue weighted by molar-refractivity contribution is 5.59. The number of nitrogens with one attached hydrogen (secondary N) is 1. The monoisotopic (exact) mass is 276 g/mol. The van der Waals surface area contributed by atoms with Gasteiger partial charge in [0.05, 0.1) is 6.04 Å². The van der Waals surface area contributed by atoms with Crippen molar-refractivity contribution in [2.75, 3.05) is 6.54 Å². The molecule has 3 unspecified atom stereocenters. The lowest BCUT2D eigenvalue weighted by Crippen LogP contribution is -2.45. The van der Waals surface area contributed by atoms with E-state index >= 15 is 0 Å². The molecule has 0 saturated heterocycles. The van der Waals surface area contributed by atoms with Crippen molar-refractivity contribution < 1.29 is 0 Å². The molecule has 1 N–H and O–H groups in total. The van der Waals surface area contributed by atoms with Crippen molar-refractivity contribution in [3.63, 3.8) is 0 Å². The quantitative estimate of drug-likeness (QED) is 0.713.